The lowest BCUT2D eigenvalue weighted by molar-refractivity contribution is -0.137. The van der Waals surface area contributed by atoms with E-state index in [4.69, 9.17) is 5.11 Å². The largest absolute Gasteiger partial charge is 0.481 e. The van der Waals surface area contributed by atoms with Gasteiger partial charge in [-0.05, 0) is 37.8 Å². The number of para-hydroxylation sites is 1. The Labute approximate surface area is 153 Å². The van der Waals surface area contributed by atoms with Crippen molar-refractivity contribution in [3.63, 3.8) is 0 Å². The fraction of sp³-hybridized carbons (Fsp3) is 0.450. The van der Waals surface area contributed by atoms with E-state index in [0.29, 0.717) is 24.4 Å². The average Bonchev–Trinajstić information content (AvgIpc) is 3.39. The van der Waals surface area contributed by atoms with Crippen LogP contribution >= 0.6 is 0 Å². The van der Waals surface area contributed by atoms with Crippen LogP contribution in [0.25, 0.3) is 5.69 Å². The molecule has 0 unspecified atom stereocenters. The number of nitrogens with zero attached hydrogens (tertiary/aromatic N) is 2. The Balaban J connectivity index is 1.55. The maximum Gasteiger partial charge on any atom is 0.303 e. The zero-order valence-electron chi connectivity index (χ0n) is 14.9. The van der Waals surface area contributed by atoms with Gasteiger partial charge in [-0.1, -0.05) is 31.0 Å². The summed E-state index contributed by atoms with van der Waals surface area (Å²) in [6.07, 6.45) is 7.44. The molecule has 0 saturated heterocycles. The molecule has 0 bridgehead atoms. The molecule has 1 saturated carbocycles. The second kappa shape index (κ2) is 8.65. The summed E-state index contributed by atoms with van der Waals surface area (Å²) in [5.41, 5.74) is 2.66. The van der Waals surface area contributed by atoms with Crippen LogP contribution in [0.2, 0.25) is 0 Å². The number of carbonyl (C=O) groups excluding carboxylic acids is 1. The highest BCUT2D eigenvalue weighted by Gasteiger charge is 2.32. The van der Waals surface area contributed by atoms with E-state index in [9.17, 15) is 9.59 Å². The Kier molecular flexibility index (Phi) is 6.04. The van der Waals surface area contributed by atoms with Crippen molar-refractivity contribution in [2.24, 2.45) is 0 Å². The van der Waals surface area contributed by atoms with E-state index in [1.807, 2.05) is 35.0 Å². The van der Waals surface area contributed by atoms with Crippen LogP contribution in [0.4, 0.5) is 0 Å². The molecule has 0 atom stereocenters. The molecular formula is C20H25N3O3. The van der Waals surface area contributed by atoms with Crippen molar-refractivity contribution in [2.45, 2.75) is 50.9 Å². The summed E-state index contributed by atoms with van der Waals surface area (Å²) >= 11 is 0. The van der Waals surface area contributed by atoms with Crippen molar-refractivity contribution in [3.8, 4) is 5.69 Å². The van der Waals surface area contributed by atoms with Crippen LogP contribution in [0.1, 0.15) is 66.9 Å². The fourth-order valence-electron chi connectivity index (χ4n) is 3.11. The Bertz CT molecular complexity index is 751. The van der Waals surface area contributed by atoms with Gasteiger partial charge in [0.2, 0.25) is 0 Å². The maximum absolute atomic E-state index is 12.6. The number of carboxylic acid groups (broad SMARTS) is 1. The minimum Gasteiger partial charge on any atom is -0.481 e. The first-order valence-corrected chi connectivity index (χ1v) is 9.30. The molecule has 3 rings (SSSR count). The van der Waals surface area contributed by atoms with Crippen LogP contribution in [0.15, 0.2) is 36.5 Å². The second-order valence-corrected chi connectivity index (χ2v) is 6.78. The number of rotatable bonds is 10. The lowest BCUT2D eigenvalue weighted by Crippen LogP contribution is -2.25. The fourth-order valence-corrected chi connectivity index (χ4v) is 3.11. The number of carboxylic acids is 1. The minimum atomic E-state index is -0.749. The van der Waals surface area contributed by atoms with E-state index in [1.165, 1.54) is 0 Å². The lowest BCUT2D eigenvalue weighted by atomic mass is 10.1. The van der Waals surface area contributed by atoms with Crippen LogP contribution in [0.3, 0.4) is 0 Å². The minimum absolute atomic E-state index is 0.0698. The van der Waals surface area contributed by atoms with Crippen LogP contribution in [-0.4, -0.2) is 33.3 Å². The molecule has 6 nitrogen and oxygen atoms in total. The topological polar surface area (TPSA) is 84.2 Å². The zero-order valence-corrected chi connectivity index (χ0v) is 14.9. The Morgan fingerprint density at radius 2 is 1.85 bits per heavy atom. The second-order valence-electron chi connectivity index (χ2n) is 6.78. The van der Waals surface area contributed by atoms with Crippen molar-refractivity contribution in [3.05, 3.63) is 47.8 Å². The van der Waals surface area contributed by atoms with Gasteiger partial charge in [-0.25, -0.2) is 4.68 Å². The maximum atomic E-state index is 12.6. The summed E-state index contributed by atoms with van der Waals surface area (Å²) in [5.74, 6) is -0.407. The molecule has 0 radical (unpaired) electrons. The molecule has 1 amide bonds. The van der Waals surface area contributed by atoms with Gasteiger partial charge in [-0.15, -0.1) is 0 Å². The van der Waals surface area contributed by atoms with Crippen molar-refractivity contribution >= 4 is 11.9 Å². The van der Waals surface area contributed by atoms with Crippen LogP contribution in [0, 0.1) is 0 Å². The van der Waals surface area contributed by atoms with Gasteiger partial charge in [0.05, 0.1) is 23.1 Å². The lowest BCUT2D eigenvalue weighted by Gasteiger charge is -2.09. The first-order valence-electron chi connectivity index (χ1n) is 9.30. The summed E-state index contributed by atoms with van der Waals surface area (Å²) in [4.78, 5) is 23.0. The van der Waals surface area contributed by atoms with E-state index in [-0.39, 0.29) is 12.3 Å². The first-order chi connectivity index (χ1) is 12.7. The van der Waals surface area contributed by atoms with Gasteiger partial charge in [0.25, 0.3) is 5.91 Å². The quantitative estimate of drug-likeness (QED) is 0.639. The third kappa shape index (κ3) is 4.71. The molecule has 0 spiro atoms. The Morgan fingerprint density at radius 1 is 1.12 bits per heavy atom. The molecule has 1 fully saturated rings. The molecule has 1 aromatic heterocycles. The summed E-state index contributed by atoms with van der Waals surface area (Å²) in [6, 6.07) is 9.90. The van der Waals surface area contributed by atoms with Crippen molar-refractivity contribution in [1.82, 2.24) is 15.1 Å². The molecule has 1 heterocycles. The van der Waals surface area contributed by atoms with E-state index in [2.05, 4.69) is 10.4 Å². The molecule has 2 aromatic rings. The smallest absolute Gasteiger partial charge is 0.303 e. The molecule has 0 aliphatic heterocycles. The van der Waals surface area contributed by atoms with Gasteiger partial charge in [0.15, 0.2) is 0 Å². The van der Waals surface area contributed by atoms with E-state index >= 15 is 0 Å². The normalized spacial score (nSPS) is 13.5. The average molecular weight is 355 g/mol. The monoisotopic (exact) mass is 355 g/mol. The number of hydrogen-bond donors (Lipinski definition) is 2. The van der Waals surface area contributed by atoms with Gasteiger partial charge < -0.3 is 10.4 Å². The van der Waals surface area contributed by atoms with Gasteiger partial charge in [0, 0.05) is 18.9 Å². The number of aliphatic carboxylic acids is 1. The van der Waals surface area contributed by atoms with Gasteiger partial charge in [0.1, 0.15) is 0 Å². The number of hydrogen-bond acceptors (Lipinski definition) is 3. The number of benzene rings is 1. The number of aromatic nitrogens is 2. The molecule has 2 N–H and O–H groups in total. The van der Waals surface area contributed by atoms with Crippen LogP contribution < -0.4 is 5.32 Å². The molecule has 1 aliphatic rings. The standard InChI is InChI=1S/C20H25N3O3/c24-18(25)10-6-1-2-7-13-21-20(26)17-14-22-23(19(17)15-11-12-15)16-8-4-3-5-9-16/h3-5,8-9,14-15H,1-2,6-7,10-13H2,(H,21,26)(H,24,25). The SMILES string of the molecule is O=C(O)CCCCCCNC(=O)c1cnn(-c2ccccc2)c1C1CC1. The Hall–Kier alpha value is -2.63. The molecule has 26 heavy (non-hydrogen) atoms. The highest BCUT2D eigenvalue weighted by molar-refractivity contribution is 5.95. The predicted molar refractivity (Wildman–Crippen MR) is 98.6 cm³/mol. The molecule has 1 aliphatic carbocycles. The number of amides is 1. The highest BCUT2D eigenvalue weighted by Crippen LogP contribution is 2.42. The highest BCUT2D eigenvalue weighted by atomic mass is 16.4. The molecule has 138 valence electrons. The van der Waals surface area contributed by atoms with Crippen molar-refractivity contribution in [2.75, 3.05) is 6.54 Å². The molecule has 1 aromatic carbocycles. The van der Waals surface area contributed by atoms with Gasteiger partial charge >= 0.3 is 5.97 Å². The van der Waals surface area contributed by atoms with Gasteiger partial charge in [-0.2, -0.15) is 5.10 Å². The number of carbonyl (C=O) groups is 2. The van der Waals surface area contributed by atoms with Gasteiger partial charge in [-0.3, -0.25) is 9.59 Å². The Morgan fingerprint density at radius 3 is 2.54 bits per heavy atom. The zero-order chi connectivity index (χ0) is 18.4. The van der Waals surface area contributed by atoms with E-state index in [1.54, 1.807) is 6.20 Å². The van der Waals surface area contributed by atoms with Crippen LogP contribution in [0.5, 0.6) is 0 Å². The van der Waals surface area contributed by atoms with Crippen molar-refractivity contribution < 1.29 is 14.7 Å². The molecular weight excluding hydrogens is 330 g/mol. The summed E-state index contributed by atoms with van der Waals surface area (Å²) in [7, 11) is 0. The first kappa shape index (κ1) is 18.2. The van der Waals surface area contributed by atoms with E-state index in [0.717, 1.165) is 43.5 Å². The summed E-state index contributed by atoms with van der Waals surface area (Å²) < 4.78 is 1.89. The third-order valence-corrected chi connectivity index (χ3v) is 4.62. The number of unbranched alkanes of at least 4 members (excludes halogenated alkanes) is 3. The van der Waals surface area contributed by atoms with E-state index < -0.39 is 5.97 Å². The summed E-state index contributed by atoms with van der Waals surface area (Å²) in [5, 5.41) is 16.0. The van der Waals surface area contributed by atoms with Crippen LogP contribution in [-0.2, 0) is 4.79 Å². The molecule has 6 heteroatoms. The summed E-state index contributed by atoms with van der Waals surface area (Å²) in [6.45, 7) is 0.604. The third-order valence-electron chi connectivity index (χ3n) is 4.62. The number of nitrogens with one attached hydrogen (secondary N) is 1. The predicted octanol–water partition coefficient (Wildman–Crippen LogP) is 3.51. The van der Waals surface area contributed by atoms with Crippen molar-refractivity contribution in [1.29, 1.82) is 0 Å².